The highest BCUT2D eigenvalue weighted by Gasteiger charge is 2.15. The average Bonchev–Trinajstić information content (AvgIpc) is 3.30. The fourth-order valence-electron chi connectivity index (χ4n) is 3.21. The van der Waals surface area contributed by atoms with Gasteiger partial charge in [0, 0.05) is 26.3 Å². The number of ether oxygens (including phenoxy) is 3. The van der Waals surface area contributed by atoms with Crippen LogP contribution >= 0.6 is 0 Å². The van der Waals surface area contributed by atoms with Crippen LogP contribution in [0.15, 0.2) is 59.6 Å². The highest BCUT2D eigenvalue weighted by Crippen LogP contribution is 2.15. The summed E-state index contributed by atoms with van der Waals surface area (Å²) in [5.74, 6) is 1.69. The van der Waals surface area contributed by atoms with E-state index in [2.05, 4.69) is 29.7 Å². The van der Waals surface area contributed by atoms with Gasteiger partial charge >= 0.3 is 0 Å². The number of hydrogen-bond acceptors (Lipinski definition) is 4. The molecule has 2 aromatic rings. The Morgan fingerprint density at radius 2 is 1.87 bits per heavy atom. The molecule has 0 saturated carbocycles. The van der Waals surface area contributed by atoms with Crippen molar-refractivity contribution in [3.05, 3.63) is 65.7 Å². The van der Waals surface area contributed by atoms with Crippen LogP contribution in [0.4, 0.5) is 0 Å². The normalized spacial score (nSPS) is 16.4. The SMILES string of the molecule is CCNC(=NCc1ccccc1COc1ccccc1)NCCCOC1CCOC1. The molecule has 0 aliphatic carbocycles. The molecule has 1 unspecified atom stereocenters. The first-order valence-corrected chi connectivity index (χ1v) is 10.8. The Labute approximate surface area is 179 Å². The van der Waals surface area contributed by atoms with Crippen LogP contribution in [0.3, 0.4) is 0 Å². The van der Waals surface area contributed by atoms with Gasteiger partial charge in [-0.1, -0.05) is 42.5 Å². The average molecular weight is 412 g/mol. The molecule has 1 aliphatic heterocycles. The molecule has 30 heavy (non-hydrogen) atoms. The fraction of sp³-hybridized carbons (Fsp3) is 0.458. The molecule has 2 N–H and O–H groups in total. The highest BCUT2D eigenvalue weighted by molar-refractivity contribution is 5.79. The van der Waals surface area contributed by atoms with Gasteiger partial charge in [0.15, 0.2) is 5.96 Å². The predicted molar refractivity (Wildman–Crippen MR) is 120 cm³/mol. The van der Waals surface area contributed by atoms with Crippen molar-refractivity contribution in [2.75, 3.05) is 32.9 Å². The molecule has 162 valence electrons. The maximum atomic E-state index is 5.92. The van der Waals surface area contributed by atoms with Crippen LogP contribution in [0, 0.1) is 0 Å². The summed E-state index contributed by atoms with van der Waals surface area (Å²) in [7, 11) is 0. The molecule has 0 spiro atoms. The van der Waals surface area contributed by atoms with Crippen molar-refractivity contribution in [3.63, 3.8) is 0 Å². The number of nitrogens with zero attached hydrogens (tertiary/aromatic N) is 1. The van der Waals surface area contributed by atoms with Crippen LogP contribution in [0.2, 0.25) is 0 Å². The van der Waals surface area contributed by atoms with Crippen molar-refractivity contribution in [3.8, 4) is 5.75 Å². The number of benzene rings is 2. The molecule has 0 amide bonds. The minimum atomic E-state index is 0.265. The van der Waals surface area contributed by atoms with Crippen molar-refractivity contribution in [1.29, 1.82) is 0 Å². The molecule has 1 atom stereocenters. The summed E-state index contributed by atoms with van der Waals surface area (Å²) in [5.41, 5.74) is 2.31. The molecule has 1 saturated heterocycles. The van der Waals surface area contributed by atoms with Crippen molar-refractivity contribution in [1.82, 2.24) is 10.6 Å². The summed E-state index contributed by atoms with van der Waals surface area (Å²) in [4.78, 5) is 4.75. The van der Waals surface area contributed by atoms with Gasteiger partial charge in [-0.3, -0.25) is 0 Å². The summed E-state index contributed by atoms with van der Waals surface area (Å²) >= 11 is 0. The summed E-state index contributed by atoms with van der Waals surface area (Å²) in [5, 5.41) is 6.70. The van der Waals surface area contributed by atoms with E-state index in [1.807, 2.05) is 42.5 Å². The molecule has 1 fully saturated rings. The van der Waals surface area contributed by atoms with Crippen molar-refractivity contribution >= 4 is 5.96 Å². The van der Waals surface area contributed by atoms with Crippen molar-refractivity contribution in [2.45, 2.75) is 39.0 Å². The third-order valence-corrected chi connectivity index (χ3v) is 4.86. The van der Waals surface area contributed by atoms with E-state index < -0.39 is 0 Å². The molecule has 0 bridgehead atoms. The van der Waals surface area contributed by atoms with E-state index >= 15 is 0 Å². The summed E-state index contributed by atoms with van der Waals surface area (Å²) < 4.78 is 17.1. The number of hydrogen-bond donors (Lipinski definition) is 2. The van der Waals surface area contributed by atoms with Gasteiger partial charge in [0.1, 0.15) is 12.4 Å². The lowest BCUT2D eigenvalue weighted by Gasteiger charge is -2.14. The van der Waals surface area contributed by atoms with Crippen molar-refractivity contribution in [2.24, 2.45) is 4.99 Å². The van der Waals surface area contributed by atoms with Gasteiger partial charge in [-0.05, 0) is 43.0 Å². The number of para-hydroxylation sites is 1. The maximum absolute atomic E-state index is 5.92. The van der Waals surface area contributed by atoms with E-state index in [0.29, 0.717) is 13.2 Å². The summed E-state index contributed by atoms with van der Waals surface area (Å²) in [6, 6.07) is 18.2. The van der Waals surface area contributed by atoms with Crippen LogP contribution in [-0.4, -0.2) is 45.0 Å². The predicted octanol–water partition coefficient (Wildman–Crippen LogP) is 3.52. The largest absolute Gasteiger partial charge is 0.489 e. The first kappa shape index (κ1) is 22.1. The molecular formula is C24H33N3O3. The van der Waals surface area contributed by atoms with E-state index in [4.69, 9.17) is 19.2 Å². The Bertz CT molecular complexity index is 761. The molecule has 6 nitrogen and oxygen atoms in total. The molecule has 2 aromatic carbocycles. The van der Waals surface area contributed by atoms with Gasteiger partial charge in [0.2, 0.25) is 0 Å². The lowest BCUT2D eigenvalue weighted by molar-refractivity contribution is 0.0420. The second-order valence-electron chi connectivity index (χ2n) is 7.20. The number of nitrogens with one attached hydrogen (secondary N) is 2. The molecule has 0 aromatic heterocycles. The summed E-state index contributed by atoms with van der Waals surface area (Å²) in [6.07, 6.45) is 2.20. The van der Waals surface area contributed by atoms with Crippen LogP contribution in [0.25, 0.3) is 0 Å². The zero-order chi connectivity index (χ0) is 20.9. The monoisotopic (exact) mass is 411 g/mol. The smallest absolute Gasteiger partial charge is 0.191 e. The van der Waals surface area contributed by atoms with E-state index in [1.54, 1.807) is 0 Å². The van der Waals surface area contributed by atoms with E-state index in [-0.39, 0.29) is 6.10 Å². The Hall–Kier alpha value is -2.57. The number of aliphatic imine (C=N–C) groups is 1. The van der Waals surface area contributed by atoms with E-state index in [9.17, 15) is 0 Å². The third-order valence-electron chi connectivity index (χ3n) is 4.86. The van der Waals surface area contributed by atoms with Gasteiger partial charge < -0.3 is 24.8 Å². The van der Waals surface area contributed by atoms with E-state index in [1.165, 1.54) is 0 Å². The van der Waals surface area contributed by atoms with Crippen LogP contribution in [0.5, 0.6) is 5.75 Å². The maximum Gasteiger partial charge on any atom is 0.191 e. The molecule has 1 heterocycles. The van der Waals surface area contributed by atoms with Crippen LogP contribution in [-0.2, 0) is 22.6 Å². The molecule has 0 radical (unpaired) electrons. The molecule has 1 aliphatic rings. The fourth-order valence-corrected chi connectivity index (χ4v) is 3.21. The van der Waals surface area contributed by atoms with Crippen LogP contribution < -0.4 is 15.4 Å². The third kappa shape index (κ3) is 7.69. The Balaban J connectivity index is 1.47. The topological polar surface area (TPSA) is 64.1 Å². The first-order valence-electron chi connectivity index (χ1n) is 10.8. The van der Waals surface area contributed by atoms with Gasteiger partial charge in [-0.25, -0.2) is 4.99 Å². The zero-order valence-electron chi connectivity index (χ0n) is 17.8. The number of rotatable bonds is 11. The Morgan fingerprint density at radius 3 is 2.63 bits per heavy atom. The Kier molecular flexibility index (Phi) is 9.50. The standard InChI is InChI=1S/C24H33N3O3/c1-2-25-24(26-14-8-15-29-23-13-16-28-19-23)27-17-20-9-6-7-10-21(20)18-30-22-11-4-3-5-12-22/h3-7,9-12,23H,2,8,13-19H2,1H3,(H2,25,26,27). The van der Waals surface area contributed by atoms with Gasteiger partial charge in [-0.2, -0.15) is 0 Å². The second kappa shape index (κ2) is 12.9. The minimum absolute atomic E-state index is 0.265. The van der Waals surface area contributed by atoms with Crippen molar-refractivity contribution < 1.29 is 14.2 Å². The first-order chi connectivity index (χ1) is 14.8. The minimum Gasteiger partial charge on any atom is -0.489 e. The number of guanidine groups is 1. The highest BCUT2D eigenvalue weighted by atomic mass is 16.5. The van der Waals surface area contributed by atoms with Gasteiger partial charge in [0.05, 0.1) is 19.3 Å². The lowest BCUT2D eigenvalue weighted by Crippen LogP contribution is -2.38. The lowest BCUT2D eigenvalue weighted by atomic mass is 10.1. The molecule has 3 rings (SSSR count). The zero-order valence-corrected chi connectivity index (χ0v) is 17.8. The quantitative estimate of drug-likeness (QED) is 0.337. The molecular weight excluding hydrogens is 378 g/mol. The Morgan fingerprint density at radius 1 is 1.07 bits per heavy atom. The second-order valence-corrected chi connectivity index (χ2v) is 7.20. The molecule has 6 heteroatoms. The van der Waals surface area contributed by atoms with Crippen LogP contribution in [0.1, 0.15) is 30.9 Å². The van der Waals surface area contributed by atoms with Gasteiger partial charge in [-0.15, -0.1) is 0 Å². The summed E-state index contributed by atoms with van der Waals surface area (Å²) in [6.45, 7) is 7.12. The van der Waals surface area contributed by atoms with Gasteiger partial charge in [0.25, 0.3) is 0 Å². The van der Waals surface area contributed by atoms with E-state index in [0.717, 1.165) is 68.6 Å².